The van der Waals surface area contributed by atoms with Crippen molar-refractivity contribution in [1.29, 1.82) is 0 Å². The lowest BCUT2D eigenvalue weighted by Crippen LogP contribution is -2.48. The van der Waals surface area contributed by atoms with Crippen molar-refractivity contribution in [3.05, 3.63) is 36.5 Å². The van der Waals surface area contributed by atoms with Crippen LogP contribution in [0.3, 0.4) is 0 Å². The largest absolute Gasteiger partial charge is 0.394 e. The molecule has 0 radical (unpaired) electrons. The highest BCUT2D eigenvalue weighted by Crippen LogP contribution is 2.18. The van der Waals surface area contributed by atoms with Gasteiger partial charge in [0.15, 0.2) is 0 Å². The lowest BCUT2D eigenvalue weighted by molar-refractivity contribution is -0.131. The molecule has 0 heterocycles. The molecule has 0 bridgehead atoms. The summed E-state index contributed by atoms with van der Waals surface area (Å²) in [5, 5.41) is 33.3. The van der Waals surface area contributed by atoms with Gasteiger partial charge in [-0.2, -0.15) is 0 Å². The highest BCUT2D eigenvalue weighted by molar-refractivity contribution is 5.80. The molecule has 0 aromatic rings. The van der Waals surface area contributed by atoms with Crippen LogP contribution in [-0.4, -0.2) is 46.1 Å². The van der Waals surface area contributed by atoms with E-state index in [-0.39, 0.29) is 6.61 Å². The number of unbranched alkanes of at least 4 members (excludes halogenated alkanes) is 42. The highest BCUT2D eigenvalue weighted by atomic mass is 16.3. The zero-order valence-electron chi connectivity index (χ0n) is 43.9. The summed E-state index contributed by atoms with van der Waals surface area (Å²) in [5.74, 6) is -0.511. The van der Waals surface area contributed by atoms with E-state index in [1.54, 1.807) is 6.08 Å². The van der Waals surface area contributed by atoms with E-state index in [4.69, 9.17) is 0 Å². The van der Waals surface area contributed by atoms with E-state index < -0.39 is 24.2 Å². The van der Waals surface area contributed by atoms with E-state index in [9.17, 15) is 20.1 Å². The maximum absolute atomic E-state index is 12.6. The summed E-state index contributed by atoms with van der Waals surface area (Å²) in [4.78, 5) is 12.6. The monoisotopic (exact) mass is 914 g/mol. The van der Waals surface area contributed by atoms with Crippen molar-refractivity contribution >= 4 is 5.91 Å². The van der Waals surface area contributed by atoms with E-state index in [1.807, 2.05) is 6.08 Å². The van der Waals surface area contributed by atoms with Gasteiger partial charge in [0, 0.05) is 0 Å². The minimum Gasteiger partial charge on any atom is -0.394 e. The Hall–Kier alpha value is -1.43. The van der Waals surface area contributed by atoms with Gasteiger partial charge in [-0.15, -0.1) is 0 Å². The molecule has 0 saturated heterocycles. The molecule has 3 atom stereocenters. The van der Waals surface area contributed by atoms with Gasteiger partial charge in [-0.05, 0) is 44.9 Å². The molecule has 5 nitrogen and oxygen atoms in total. The Morgan fingerprint density at radius 3 is 0.938 bits per heavy atom. The van der Waals surface area contributed by atoms with Gasteiger partial charge in [-0.25, -0.2) is 0 Å². The number of carbonyl (C=O) groups excluding carboxylic acids is 1. The van der Waals surface area contributed by atoms with E-state index >= 15 is 0 Å². The van der Waals surface area contributed by atoms with Gasteiger partial charge in [-0.1, -0.05) is 307 Å². The zero-order chi connectivity index (χ0) is 47.2. The Balaban J connectivity index is 3.57. The summed E-state index contributed by atoms with van der Waals surface area (Å²) >= 11 is 0. The van der Waals surface area contributed by atoms with Crippen LogP contribution in [-0.2, 0) is 4.79 Å². The van der Waals surface area contributed by atoms with Gasteiger partial charge < -0.3 is 20.6 Å². The van der Waals surface area contributed by atoms with Crippen LogP contribution in [0.2, 0.25) is 0 Å². The predicted octanol–water partition coefficient (Wildman–Crippen LogP) is 18.2. The highest BCUT2D eigenvalue weighted by Gasteiger charge is 2.22. The molecule has 0 aliphatic rings. The Bertz CT molecular complexity index is 1010. The molecule has 1 amide bonds. The van der Waals surface area contributed by atoms with E-state index in [0.29, 0.717) is 6.42 Å². The Labute approximate surface area is 406 Å². The number of hydrogen-bond donors (Lipinski definition) is 4. The fourth-order valence-corrected chi connectivity index (χ4v) is 9.16. The van der Waals surface area contributed by atoms with E-state index in [2.05, 4.69) is 43.5 Å². The predicted molar refractivity (Wildman–Crippen MR) is 287 cm³/mol. The van der Waals surface area contributed by atoms with Crippen molar-refractivity contribution in [3.8, 4) is 0 Å². The van der Waals surface area contributed by atoms with Crippen molar-refractivity contribution < 1.29 is 20.1 Å². The molecule has 0 saturated carbocycles. The van der Waals surface area contributed by atoms with Gasteiger partial charge in [0.25, 0.3) is 0 Å². The summed E-state index contributed by atoms with van der Waals surface area (Å²) in [6.45, 7) is 4.20. The number of nitrogens with one attached hydrogen (secondary N) is 1. The van der Waals surface area contributed by atoms with Crippen LogP contribution >= 0.6 is 0 Å². The fraction of sp³-hybridized carbons (Fsp3) is 0.883. The number of carbonyl (C=O) groups is 1. The summed E-state index contributed by atoms with van der Waals surface area (Å²) in [6.07, 6.45) is 72.4. The molecule has 0 fully saturated rings. The fourth-order valence-electron chi connectivity index (χ4n) is 9.16. The summed E-state index contributed by atoms with van der Waals surface area (Å²) in [6, 6.07) is -0.820. The van der Waals surface area contributed by atoms with Gasteiger partial charge in [0.05, 0.1) is 18.8 Å². The average Bonchev–Trinajstić information content (AvgIpc) is 3.31. The Morgan fingerprint density at radius 1 is 0.369 bits per heavy atom. The molecule has 3 unspecified atom stereocenters. The summed E-state index contributed by atoms with van der Waals surface area (Å²) in [5.41, 5.74) is 0. The first-order valence-electron chi connectivity index (χ1n) is 29.3. The molecule has 0 aromatic heterocycles. The first-order valence-corrected chi connectivity index (χ1v) is 29.3. The number of hydrogen-bond acceptors (Lipinski definition) is 4. The van der Waals surface area contributed by atoms with Crippen LogP contribution in [0.1, 0.15) is 316 Å². The van der Waals surface area contributed by atoms with Crippen molar-refractivity contribution in [3.63, 3.8) is 0 Å². The molecule has 4 N–H and O–H groups in total. The molecule has 0 aromatic carbocycles. The van der Waals surface area contributed by atoms with E-state index in [1.165, 1.54) is 250 Å². The first kappa shape index (κ1) is 63.6. The maximum atomic E-state index is 12.6. The molecule has 0 aliphatic carbocycles. The average molecular weight is 915 g/mol. The first-order chi connectivity index (χ1) is 32.1. The van der Waals surface area contributed by atoms with Gasteiger partial charge in [0.2, 0.25) is 5.91 Å². The second kappa shape index (κ2) is 55.2. The van der Waals surface area contributed by atoms with Crippen molar-refractivity contribution in [1.82, 2.24) is 5.32 Å². The Morgan fingerprint density at radius 2 is 0.631 bits per heavy atom. The van der Waals surface area contributed by atoms with Crippen LogP contribution < -0.4 is 5.32 Å². The van der Waals surface area contributed by atoms with Crippen LogP contribution in [0, 0.1) is 0 Å². The van der Waals surface area contributed by atoms with E-state index in [0.717, 1.165) is 44.9 Å². The van der Waals surface area contributed by atoms with Crippen molar-refractivity contribution in [2.75, 3.05) is 6.61 Å². The number of rotatable bonds is 54. The van der Waals surface area contributed by atoms with Crippen LogP contribution in [0.15, 0.2) is 36.5 Å². The van der Waals surface area contributed by atoms with Gasteiger partial charge >= 0.3 is 0 Å². The minimum absolute atomic E-state index is 0.379. The lowest BCUT2D eigenvalue weighted by atomic mass is 10.0. The van der Waals surface area contributed by atoms with Gasteiger partial charge in [-0.3, -0.25) is 4.79 Å². The van der Waals surface area contributed by atoms with Crippen molar-refractivity contribution in [2.45, 2.75) is 334 Å². The molecule has 0 spiro atoms. The minimum atomic E-state index is -1.11. The quantitative estimate of drug-likeness (QED) is 0.0361. The SMILES string of the molecule is CCCCCCCCCCCCC/C=C/CC/C=C/CC/C=C/C(O)C(CO)NC(=O)C(O)CCCCCCCCCCCCCCCCCCCCCCCCCCCCCCCC. The normalized spacial score (nSPS) is 13.5. The molecular weight excluding hydrogens is 799 g/mol. The van der Waals surface area contributed by atoms with Crippen molar-refractivity contribution in [2.24, 2.45) is 0 Å². The summed E-state index contributed by atoms with van der Waals surface area (Å²) in [7, 11) is 0. The number of allylic oxidation sites excluding steroid dienone is 5. The maximum Gasteiger partial charge on any atom is 0.249 e. The topological polar surface area (TPSA) is 89.8 Å². The number of aliphatic hydroxyl groups is 3. The zero-order valence-corrected chi connectivity index (χ0v) is 43.9. The summed E-state index contributed by atoms with van der Waals surface area (Å²) < 4.78 is 0. The second-order valence-electron chi connectivity index (χ2n) is 20.2. The molecule has 5 heteroatoms. The molecule has 0 rings (SSSR count). The lowest BCUT2D eigenvalue weighted by Gasteiger charge is -2.21. The molecule has 384 valence electrons. The van der Waals surface area contributed by atoms with Crippen LogP contribution in [0.25, 0.3) is 0 Å². The van der Waals surface area contributed by atoms with Gasteiger partial charge in [0.1, 0.15) is 6.10 Å². The molecule has 65 heavy (non-hydrogen) atoms. The molecular formula is C60H115NO4. The molecule has 0 aliphatic heterocycles. The standard InChI is InChI=1S/C60H115NO4/c1-3-5-7-9-11-13-15-17-19-21-23-25-26-27-28-29-30-31-32-33-35-37-39-41-43-45-47-49-51-53-55-59(64)60(65)61-57(56-62)58(63)54-52-50-48-46-44-42-40-38-36-34-24-22-20-18-16-14-12-10-8-6-4-2/h36,38,44,46,52,54,57-59,62-64H,3-35,37,39-43,45,47-51,53,55-56H2,1-2H3,(H,61,65)/b38-36+,46-44+,54-52+. The number of amides is 1. The van der Waals surface area contributed by atoms with Crippen LogP contribution in [0.4, 0.5) is 0 Å². The smallest absolute Gasteiger partial charge is 0.249 e. The Kier molecular flexibility index (Phi) is 54.0. The third kappa shape index (κ3) is 50.3. The third-order valence-corrected chi connectivity index (χ3v) is 13.7. The second-order valence-corrected chi connectivity index (χ2v) is 20.2. The number of aliphatic hydroxyl groups excluding tert-OH is 3. The third-order valence-electron chi connectivity index (χ3n) is 13.7. The van der Waals surface area contributed by atoms with Crippen LogP contribution in [0.5, 0.6) is 0 Å².